The van der Waals surface area contributed by atoms with E-state index in [1.165, 1.54) is 29.2 Å². The average molecular weight is 255 g/mol. The standard InChI is InChI=1S/C13H18FNO3/c1-13(2,3)18-12(17)15(8-9-16)11-6-4-10(14)5-7-11/h4-7,16H,8-9H2,1-3H3. The van der Waals surface area contributed by atoms with Crippen LogP contribution in [0.3, 0.4) is 0 Å². The number of hydrogen-bond donors (Lipinski definition) is 1. The quantitative estimate of drug-likeness (QED) is 0.903. The van der Waals surface area contributed by atoms with Crippen LogP contribution >= 0.6 is 0 Å². The average Bonchev–Trinajstić information content (AvgIpc) is 2.25. The number of benzene rings is 1. The van der Waals surface area contributed by atoms with Crippen molar-refractivity contribution in [2.24, 2.45) is 0 Å². The fourth-order valence-electron chi connectivity index (χ4n) is 1.36. The lowest BCUT2D eigenvalue weighted by molar-refractivity contribution is 0.0573. The van der Waals surface area contributed by atoms with Gasteiger partial charge in [-0.1, -0.05) is 0 Å². The van der Waals surface area contributed by atoms with Crippen LogP contribution in [0.5, 0.6) is 0 Å². The van der Waals surface area contributed by atoms with E-state index in [9.17, 15) is 9.18 Å². The van der Waals surface area contributed by atoms with Crippen LogP contribution in [-0.2, 0) is 4.74 Å². The van der Waals surface area contributed by atoms with Gasteiger partial charge in [0, 0.05) is 5.69 Å². The van der Waals surface area contributed by atoms with Crippen LogP contribution in [0.1, 0.15) is 20.8 Å². The third kappa shape index (κ3) is 4.33. The molecule has 4 nitrogen and oxygen atoms in total. The normalized spacial score (nSPS) is 11.2. The summed E-state index contributed by atoms with van der Waals surface area (Å²) < 4.78 is 18.0. The van der Waals surface area contributed by atoms with Crippen molar-refractivity contribution in [3.05, 3.63) is 30.1 Å². The Balaban J connectivity index is 2.88. The molecule has 0 saturated heterocycles. The molecule has 0 heterocycles. The van der Waals surface area contributed by atoms with Crippen LogP contribution < -0.4 is 4.90 Å². The summed E-state index contributed by atoms with van der Waals surface area (Å²) in [6.45, 7) is 5.17. The van der Waals surface area contributed by atoms with Crippen LogP contribution in [0.4, 0.5) is 14.9 Å². The SMILES string of the molecule is CC(C)(C)OC(=O)N(CCO)c1ccc(F)cc1. The van der Waals surface area contributed by atoms with Gasteiger partial charge in [-0.3, -0.25) is 4.90 Å². The maximum absolute atomic E-state index is 12.8. The van der Waals surface area contributed by atoms with Gasteiger partial charge < -0.3 is 9.84 Å². The van der Waals surface area contributed by atoms with E-state index in [0.29, 0.717) is 5.69 Å². The van der Waals surface area contributed by atoms with Crippen molar-refractivity contribution < 1.29 is 19.0 Å². The minimum absolute atomic E-state index is 0.0978. The number of carbonyl (C=O) groups is 1. The molecule has 0 aliphatic heterocycles. The first-order chi connectivity index (χ1) is 8.33. The molecular formula is C13H18FNO3. The van der Waals surface area contributed by atoms with E-state index in [4.69, 9.17) is 9.84 Å². The Bertz CT molecular complexity index is 398. The second kappa shape index (κ2) is 5.82. The third-order valence-corrected chi connectivity index (χ3v) is 2.08. The van der Waals surface area contributed by atoms with E-state index in [2.05, 4.69) is 0 Å². The van der Waals surface area contributed by atoms with Crippen molar-refractivity contribution in [1.82, 2.24) is 0 Å². The number of aliphatic hydroxyl groups excluding tert-OH is 1. The van der Waals surface area contributed by atoms with E-state index in [1.807, 2.05) is 0 Å². The minimum Gasteiger partial charge on any atom is -0.443 e. The molecule has 0 aliphatic carbocycles. The highest BCUT2D eigenvalue weighted by molar-refractivity contribution is 5.87. The fourth-order valence-corrected chi connectivity index (χ4v) is 1.36. The molecule has 0 radical (unpaired) electrons. The maximum Gasteiger partial charge on any atom is 0.414 e. The summed E-state index contributed by atoms with van der Waals surface area (Å²) in [6, 6.07) is 5.44. The van der Waals surface area contributed by atoms with Gasteiger partial charge in [-0.25, -0.2) is 9.18 Å². The molecule has 0 aliphatic rings. The number of carbonyl (C=O) groups excluding carboxylic acids is 1. The van der Waals surface area contributed by atoms with Gasteiger partial charge in [-0.2, -0.15) is 0 Å². The molecule has 5 heteroatoms. The van der Waals surface area contributed by atoms with Crippen molar-refractivity contribution >= 4 is 11.8 Å². The predicted molar refractivity (Wildman–Crippen MR) is 67.1 cm³/mol. The van der Waals surface area contributed by atoms with Crippen molar-refractivity contribution in [3.8, 4) is 0 Å². The number of ether oxygens (including phenoxy) is 1. The van der Waals surface area contributed by atoms with E-state index >= 15 is 0 Å². The summed E-state index contributed by atoms with van der Waals surface area (Å²) in [5.74, 6) is -0.383. The lowest BCUT2D eigenvalue weighted by Gasteiger charge is -2.27. The summed E-state index contributed by atoms with van der Waals surface area (Å²) >= 11 is 0. The second-order valence-electron chi connectivity index (χ2n) is 4.83. The second-order valence-corrected chi connectivity index (χ2v) is 4.83. The molecule has 1 N–H and O–H groups in total. The Labute approximate surface area is 106 Å². The molecule has 1 rings (SSSR count). The van der Waals surface area contributed by atoms with Gasteiger partial charge >= 0.3 is 6.09 Å². The van der Waals surface area contributed by atoms with Crippen molar-refractivity contribution in [2.75, 3.05) is 18.1 Å². The number of nitrogens with zero attached hydrogens (tertiary/aromatic N) is 1. The molecule has 18 heavy (non-hydrogen) atoms. The highest BCUT2D eigenvalue weighted by Gasteiger charge is 2.22. The summed E-state index contributed by atoms with van der Waals surface area (Å²) in [6.07, 6.45) is -0.567. The van der Waals surface area contributed by atoms with Crippen LogP contribution in [0.25, 0.3) is 0 Å². The zero-order valence-electron chi connectivity index (χ0n) is 10.8. The molecule has 0 saturated carbocycles. The van der Waals surface area contributed by atoms with Crippen LogP contribution in [0, 0.1) is 5.82 Å². The van der Waals surface area contributed by atoms with Gasteiger partial charge in [-0.15, -0.1) is 0 Å². The first-order valence-electron chi connectivity index (χ1n) is 5.70. The lowest BCUT2D eigenvalue weighted by atomic mass is 10.2. The molecule has 0 unspecified atom stereocenters. The molecule has 1 aromatic carbocycles. The third-order valence-electron chi connectivity index (χ3n) is 2.08. The van der Waals surface area contributed by atoms with Crippen LogP contribution in [-0.4, -0.2) is 30.0 Å². The van der Waals surface area contributed by atoms with Crippen LogP contribution in [0.15, 0.2) is 24.3 Å². The number of aliphatic hydroxyl groups is 1. The van der Waals surface area contributed by atoms with Gasteiger partial charge in [0.2, 0.25) is 0 Å². The molecule has 0 aromatic heterocycles. The molecule has 1 aromatic rings. The first-order valence-corrected chi connectivity index (χ1v) is 5.70. The highest BCUT2D eigenvalue weighted by atomic mass is 19.1. The van der Waals surface area contributed by atoms with E-state index < -0.39 is 11.7 Å². The first kappa shape index (κ1) is 14.4. The minimum atomic E-state index is -0.620. The van der Waals surface area contributed by atoms with E-state index in [0.717, 1.165) is 0 Å². The van der Waals surface area contributed by atoms with E-state index in [-0.39, 0.29) is 19.0 Å². The van der Waals surface area contributed by atoms with Gasteiger partial charge in [0.15, 0.2) is 0 Å². The zero-order valence-corrected chi connectivity index (χ0v) is 10.8. The zero-order chi connectivity index (χ0) is 13.8. The molecule has 0 atom stereocenters. The molecule has 1 amide bonds. The Morgan fingerprint density at radius 2 is 1.89 bits per heavy atom. The summed E-state index contributed by atoms with van der Waals surface area (Å²) in [5, 5.41) is 8.98. The highest BCUT2D eigenvalue weighted by Crippen LogP contribution is 2.18. The summed E-state index contributed by atoms with van der Waals surface area (Å²) in [4.78, 5) is 13.2. The van der Waals surface area contributed by atoms with Gasteiger partial charge in [-0.05, 0) is 45.0 Å². The van der Waals surface area contributed by atoms with Gasteiger partial charge in [0.25, 0.3) is 0 Å². The fraction of sp³-hybridized carbons (Fsp3) is 0.462. The smallest absolute Gasteiger partial charge is 0.414 e. The Hall–Kier alpha value is -1.62. The number of halogens is 1. The van der Waals surface area contributed by atoms with Crippen molar-refractivity contribution in [3.63, 3.8) is 0 Å². The van der Waals surface area contributed by atoms with Crippen molar-refractivity contribution in [1.29, 1.82) is 0 Å². The summed E-state index contributed by atoms with van der Waals surface area (Å²) in [7, 11) is 0. The monoisotopic (exact) mass is 255 g/mol. The summed E-state index contributed by atoms with van der Waals surface area (Å²) in [5.41, 5.74) is -0.134. The number of hydrogen-bond acceptors (Lipinski definition) is 3. The Kier molecular flexibility index (Phi) is 4.67. The van der Waals surface area contributed by atoms with E-state index in [1.54, 1.807) is 20.8 Å². The topological polar surface area (TPSA) is 49.8 Å². The van der Waals surface area contributed by atoms with Gasteiger partial charge in [0.05, 0.1) is 13.2 Å². The number of rotatable bonds is 3. The molecule has 0 fully saturated rings. The molecule has 100 valence electrons. The lowest BCUT2D eigenvalue weighted by Crippen LogP contribution is -2.38. The Morgan fingerprint density at radius 3 is 2.33 bits per heavy atom. The molecule has 0 spiro atoms. The largest absolute Gasteiger partial charge is 0.443 e. The van der Waals surface area contributed by atoms with Crippen LogP contribution in [0.2, 0.25) is 0 Å². The van der Waals surface area contributed by atoms with Crippen molar-refractivity contribution in [2.45, 2.75) is 26.4 Å². The number of amides is 1. The molecule has 0 bridgehead atoms. The predicted octanol–water partition coefficient (Wildman–Crippen LogP) is 2.56. The number of anilines is 1. The molecular weight excluding hydrogens is 237 g/mol. The maximum atomic E-state index is 12.8. The van der Waals surface area contributed by atoms with Gasteiger partial charge in [0.1, 0.15) is 11.4 Å². The Morgan fingerprint density at radius 1 is 1.33 bits per heavy atom.